The number of hydrogen-bond acceptors (Lipinski definition) is 3. The lowest BCUT2D eigenvalue weighted by Gasteiger charge is -2.09. The molecule has 1 fully saturated rings. The number of carboxylic acids is 1. The van der Waals surface area contributed by atoms with Crippen molar-refractivity contribution in [1.82, 2.24) is 0 Å². The van der Waals surface area contributed by atoms with Crippen molar-refractivity contribution in [3.63, 3.8) is 0 Å². The van der Waals surface area contributed by atoms with Crippen LogP contribution in [0.25, 0.3) is 0 Å². The fourth-order valence-electron chi connectivity index (χ4n) is 2.22. The summed E-state index contributed by atoms with van der Waals surface area (Å²) >= 11 is 0. The number of aliphatic carboxylic acids is 1. The third-order valence-electron chi connectivity index (χ3n) is 3.67. The molecule has 4 nitrogen and oxygen atoms in total. The number of aryl methyl sites for hydroxylation is 1. The minimum Gasteiger partial charge on any atom is -0.489 e. The second kappa shape index (κ2) is 6.10. The SMILES string of the molecule is Cc1ccc(COc2cccc(O[C@@H]3CC3C(=O)O)c2)cc1. The van der Waals surface area contributed by atoms with E-state index in [1.165, 1.54) is 5.56 Å². The molecule has 0 aliphatic heterocycles. The Labute approximate surface area is 129 Å². The van der Waals surface area contributed by atoms with E-state index in [1.54, 1.807) is 6.07 Å². The summed E-state index contributed by atoms with van der Waals surface area (Å²) in [5.74, 6) is 0.190. The van der Waals surface area contributed by atoms with E-state index in [4.69, 9.17) is 14.6 Å². The van der Waals surface area contributed by atoms with E-state index in [2.05, 4.69) is 12.1 Å². The molecule has 1 saturated carbocycles. The number of rotatable bonds is 6. The zero-order valence-corrected chi connectivity index (χ0v) is 12.4. The fourth-order valence-corrected chi connectivity index (χ4v) is 2.22. The van der Waals surface area contributed by atoms with Gasteiger partial charge in [0, 0.05) is 12.5 Å². The third-order valence-corrected chi connectivity index (χ3v) is 3.67. The first-order valence-electron chi connectivity index (χ1n) is 7.30. The zero-order chi connectivity index (χ0) is 15.5. The highest BCUT2D eigenvalue weighted by atomic mass is 16.5. The lowest BCUT2D eigenvalue weighted by molar-refractivity contribution is -0.139. The Bertz CT molecular complexity index is 663. The summed E-state index contributed by atoms with van der Waals surface area (Å²) < 4.78 is 11.4. The van der Waals surface area contributed by atoms with Crippen LogP contribution in [0.15, 0.2) is 48.5 Å². The fraction of sp³-hybridized carbons (Fsp3) is 0.278. The Kier molecular flexibility index (Phi) is 4.00. The van der Waals surface area contributed by atoms with Crippen LogP contribution in [0.3, 0.4) is 0 Å². The van der Waals surface area contributed by atoms with E-state index in [1.807, 2.05) is 37.3 Å². The molecule has 1 aliphatic carbocycles. The maximum absolute atomic E-state index is 10.8. The van der Waals surface area contributed by atoms with Gasteiger partial charge in [0.15, 0.2) is 0 Å². The van der Waals surface area contributed by atoms with Gasteiger partial charge in [-0.1, -0.05) is 35.9 Å². The van der Waals surface area contributed by atoms with E-state index < -0.39 is 5.97 Å². The van der Waals surface area contributed by atoms with Crippen LogP contribution >= 0.6 is 0 Å². The molecule has 1 aliphatic rings. The highest BCUT2D eigenvalue weighted by Gasteiger charge is 2.45. The van der Waals surface area contributed by atoms with Crippen LogP contribution in [0.2, 0.25) is 0 Å². The Balaban J connectivity index is 1.57. The summed E-state index contributed by atoms with van der Waals surface area (Å²) in [6.07, 6.45) is 0.355. The van der Waals surface area contributed by atoms with Gasteiger partial charge in [0.05, 0.1) is 5.92 Å². The van der Waals surface area contributed by atoms with Gasteiger partial charge in [-0.15, -0.1) is 0 Å². The van der Waals surface area contributed by atoms with E-state index >= 15 is 0 Å². The van der Waals surface area contributed by atoms with Gasteiger partial charge >= 0.3 is 5.97 Å². The highest BCUT2D eigenvalue weighted by molar-refractivity contribution is 5.74. The molecule has 4 heteroatoms. The van der Waals surface area contributed by atoms with E-state index in [9.17, 15) is 4.79 Å². The maximum atomic E-state index is 10.8. The van der Waals surface area contributed by atoms with Crippen molar-refractivity contribution in [1.29, 1.82) is 0 Å². The quantitative estimate of drug-likeness (QED) is 0.887. The van der Waals surface area contributed by atoms with Crippen molar-refractivity contribution in [2.24, 2.45) is 5.92 Å². The summed E-state index contributed by atoms with van der Waals surface area (Å²) in [6.45, 7) is 2.54. The molecule has 0 aromatic heterocycles. The molecule has 3 rings (SSSR count). The van der Waals surface area contributed by atoms with Gasteiger partial charge in [0.25, 0.3) is 0 Å². The minimum atomic E-state index is -0.795. The first-order chi connectivity index (χ1) is 10.6. The summed E-state index contributed by atoms with van der Waals surface area (Å²) in [5.41, 5.74) is 2.32. The average Bonchev–Trinajstić information content (AvgIpc) is 3.27. The molecule has 2 aromatic rings. The molecule has 1 N–H and O–H groups in total. The third kappa shape index (κ3) is 3.58. The van der Waals surface area contributed by atoms with Crippen molar-refractivity contribution < 1.29 is 19.4 Å². The number of carboxylic acid groups (broad SMARTS) is 1. The molecule has 0 spiro atoms. The van der Waals surface area contributed by atoms with Crippen molar-refractivity contribution in [3.05, 3.63) is 59.7 Å². The predicted molar refractivity (Wildman–Crippen MR) is 82.1 cm³/mol. The van der Waals surface area contributed by atoms with Gasteiger partial charge in [0.2, 0.25) is 0 Å². The first kappa shape index (κ1) is 14.4. The molecule has 0 amide bonds. The largest absolute Gasteiger partial charge is 0.489 e. The second-order valence-electron chi connectivity index (χ2n) is 5.59. The second-order valence-corrected chi connectivity index (χ2v) is 5.59. The van der Waals surface area contributed by atoms with Crippen LogP contribution in [0.4, 0.5) is 0 Å². The Hall–Kier alpha value is -2.49. The van der Waals surface area contributed by atoms with Crippen LogP contribution in [0.1, 0.15) is 17.5 Å². The van der Waals surface area contributed by atoms with E-state index in [-0.39, 0.29) is 12.0 Å². The van der Waals surface area contributed by atoms with Gasteiger partial charge in [-0.05, 0) is 24.6 Å². The van der Waals surface area contributed by atoms with Crippen LogP contribution in [-0.4, -0.2) is 17.2 Å². The molecular formula is C18H18O4. The van der Waals surface area contributed by atoms with Crippen molar-refractivity contribution in [2.75, 3.05) is 0 Å². The van der Waals surface area contributed by atoms with Gasteiger partial charge in [0.1, 0.15) is 24.2 Å². The van der Waals surface area contributed by atoms with Gasteiger partial charge in [-0.2, -0.15) is 0 Å². The topological polar surface area (TPSA) is 55.8 Å². The lowest BCUT2D eigenvalue weighted by Crippen LogP contribution is -2.07. The monoisotopic (exact) mass is 298 g/mol. The Morgan fingerprint density at radius 3 is 2.59 bits per heavy atom. The first-order valence-corrected chi connectivity index (χ1v) is 7.30. The summed E-state index contributed by atoms with van der Waals surface area (Å²) in [5, 5.41) is 8.88. The summed E-state index contributed by atoms with van der Waals surface area (Å²) in [7, 11) is 0. The average molecular weight is 298 g/mol. The van der Waals surface area contributed by atoms with Gasteiger partial charge in [-0.25, -0.2) is 0 Å². The minimum absolute atomic E-state index is 0.218. The number of carbonyl (C=O) groups is 1. The summed E-state index contributed by atoms with van der Waals surface area (Å²) in [6, 6.07) is 15.5. The van der Waals surface area contributed by atoms with E-state index in [0.717, 1.165) is 5.56 Å². The van der Waals surface area contributed by atoms with Crippen molar-refractivity contribution in [3.8, 4) is 11.5 Å². The molecule has 2 atom stereocenters. The van der Waals surface area contributed by atoms with Crippen LogP contribution < -0.4 is 9.47 Å². The number of benzene rings is 2. The lowest BCUT2D eigenvalue weighted by atomic mass is 10.2. The molecule has 2 aromatic carbocycles. The van der Waals surface area contributed by atoms with Gasteiger partial charge in [-0.3, -0.25) is 4.79 Å². The van der Waals surface area contributed by atoms with Crippen molar-refractivity contribution >= 4 is 5.97 Å². The number of ether oxygens (including phenoxy) is 2. The molecule has 22 heavy (non-hydrogen) atoms. The van der Waals surface area contributed by atoms with Crippen LogP contribution in [0.5, 0.6) is 11.5 Å². The van der Waals surface area contributed by atoms with Crippen molar-refractivity contribution in [2.45, 2.75) is 26.1 Å². The summed E-state index contributed by atoms with van der Waals surface area (Å²) in [4.78, 5) is 10.8. The van der Waals surface area contributed by atoms with E-state index in [0.29, 0.717) is 24.5 Å². The Morgan fingerprint density at radius 1 is 1.18 bits per heavy atom. The Morgan fingerprint density at radius 2 is 1.91 bits per heavy atom. The molecule has 0 heterocycles. The molecule has 0 bridgehead atoms. The zero-order valence-electron chi connectivity index (χ0n) is 12.4. The molecule has 114 valence electrons. The highest BCUT2D eigenvalue weighted by Crippen LogP contribution is 2.35. The molecule has 0 radical (unpaired) electrons. The number of hydrogen-bond donors (Lipinski definition) is 1. The smallest absolute Gasteiger partial charge is 0.310 e. The van der Waals surface area contributed by atoms with Crippen LogP contribution in [0, 0.1) is 12.8 Å². The molecule has 0 saturated heterocycles. The standard InChI is InChI=1S/C18H18O4/c1-12-5-7-13(8-6-12)11-21-14-3-2-4-15(9-14)22-17-10-16(17)18(19)20/h2-9,16-17H,10-11H2,1H3,(H,19,20)/t16?,17-/m1/s1. The molecule has 1 unspecified atom stereocenters. The normalized spacial score (nSPS) is 19.5. The maximum Gasteiger partial charge on any atom is 0.310 e. The predicted octanol–water partition coefficient (Wildman–Crippen LogP) is 3.43. The van der Waals surface area contributed by atoms with Gasteiger partial charge < -0.3 is 14.6 Å². The molecular weight excluding hydrogens is 280 g/mol. The van der Waals surface area contributed by atoms with Crippen LogP contribution in [-0.2, 0) is 11.4 Å².